The van der Waals surface area contributed by atoms with Crippen molar-refractivity contribution in [1.29, 1.82) is 0 Å². The molecule has 0 aliphatic heterocycles. The first-order chi connectivity index (χ1) is 13.7. The summed E-state index contributed by atoms with van der Waals surface area (Å²) in [7, 11) is 0. The molecule has 0 aliphatic rings. The number of hydrogen-bond acceptors (Lipinski definition) is 1. The maximum Gasteiger partial charge on any atom is 0.123 e. The number of nitrogens with two attached hydrogens (primary N) is 1. The number of benzene rings is 3. The lowest BCUT2D eigenvalue weighted by molar-refractivity contribution is 0.626. The van der Waals surface area contributed by atoms with Gasteiger partial charge < -0.3 is 5.73 Å². The van der Waals surface area contributed by atoms with E-state index in [1.165, 1.54) is 28.8 Å². The highest BCUT2D eigenvalue weighted by Gasteiger charge is 1.97. The van der Waals surface area contributed by atoms with Gasteiger partial charge in [0.15, 0.2) is 0 Å². The number of anilines is 1. The van der Waals surface area contributed by atoms with Crippen LogP contribution in [0.25, 0.3) is 0 Å². The van der Waals surface area contributed by atoms with E-state index in [2.05, 4.69) is 77.9 Å². The molecule has 0 unspecified atom stereocenters. The molecule has 2 N–H and O–H groups in total. The van der Waals surface area contributed by atoms with Crippen molar-refractivity contribution >= 4 is 5.69 Å². The molecule has 0 saturated heterocycles. The van der Waals surface area contributed by atoms with Crippen molar-refractivity contribution in [3.63, 3.8) is 0 Å². The topological polar surface area (TPSA) is 26.0 Å². The monoisotopic (exact) mass is 393 g/mol. The van der Waals surface area contributed by atoms with Gasteiger partial charge in [-0.2, -0.15) is 0 Å². The molecule has 1 nitrogen and oxygen atoms in total. The van der Waals surface area contributed by atoms with E-state index in [1.807, 2.05) is 30.3 Å². The van der Waals surface area contributed by atoms with Gasteiger partial charge >= 0.3 is 0 Å². The van der Waals surface area contributed by atoms with Crippen molar-refractivity contribution in [2.45, 2.75) is 59.3 Å². The van der Waals surface area contributed by atoms with Gasteiger partial charge in [-0.05, 0) is 58.7 Å². The lowest BCUT2D eigenvalue weighted by atomic mass is 10.0. The summed E-state index contributed by atoms with van der Waals surface area (Å²) in [5.74, 6) is 1.58. The van der Waals surface area contributed by atoms with Gasteiger partial charge in [0.25, 0.3) is 0 Å². The Hall–Kier alpha value is -2.61. The zero-order valence-electron chi connectivity index (χ0n) is 18.7. The molecule has 0 aromatic heterocycles. The van der Waals surface area contributed by atoms with E-state index >= 15 is 0 Å². The maximum atomic E-state index is 12.4. The quantitative estimate of drug-likeness (QED) is 0.446. The summed E-state index contributed by atoms with van der Waals surface area (Å²) in [4.78, 5) is 0. The average Bonchev–Trinajstić information content (AvgIpc) is 2.70. The van der Waals surface area contributed by atoms with Crippen LogP contribution in [0, 0.1) is 5.82 Å². The van der Waals surface area contributed by atoms with Gasteiger partial charge in [0.05, 0.1) is 0 Å². The summed E-state index contributed by atoms with van der Waals surface area (Å²) >= 11 is 0. The van der Waals surface area contributed by atoms with E-state index in [1.54, 1.807) is 0 Å². The molecule has 156 valence electrons. The Balaban J connectivity index is 0.000000218. The van der Waals surface area contributed by atoms with Crippen molar-refractivity contribution in [2.24, 2.45) is 0 Å². The van der Waals surface area contributed by atoms with Crippen molar-refractivity contribution in [3.05, 3.63) is 101 Å². The molecule has 0 bridgehead atoms. The molecule has 3 aromatic rings. The largest absolute Gasteiger partial charge is 0.399 e. The van der Waals surface area contributed by atoms with Crippen LogP contribution in [0.5, 0.6) is 0 Å². The molecule has 0 spiro atoms. The minimum Gasteiger partial charge on any atom is -0.399 e. The van der Waals surface area contributed by atoms with Gasteiger partial charge in [0.2, 0.25) is 0 Å². The minimum absolute atomic E-state index is 0.163. The van der Waals surface area contributed by atoms with Gasteiger partial charge in [0.1, 0.15) is 5.82 Å². The number of hydrogen-bond donors (Lipinski definition) is 1. The second kappa shape index (κ2) is 12.8. The zero-order chi connectivity index (χ0) is 21.8. The summed E-state index contributed by atoms with van der Waals surface area (Å²) in [6.45, 7) is 12.9. The van der Waals surface area contributed by atoms with Crippen molar-refractivity contribution in [1.82, 2.24) is 0 Å². The number of halogens is 1. The summed E-state index contributed by atoms with van der Waals surface area (Å²) in [6.07, 6.45) is 0. The molecule has 0 amide bonds. The van der Waals surface area contributed by atoms with E-state index < -0.39 is 0 Å². The van der Waals surface area contributed by atoms with Crippen LogP contribution in [0.4, 0.5) is 10.1 Å². The molecular formula is C27H36FN. The number of nitrogen functional groups attached to an aromatic ring is 1. The highest BCUT2D eigenvalue weighted by Crippen LogP contribution is 2.15. The van der Waals surface area contributed by atoms with E-state index in [0.29, 0.717) is 17.8 Å². The Labute approximate surface area is 176 Å². The summed E-state index contributed by atoms with van der Waals surface area (Å²) < 4.78 is 12.4. The summed E-state index contributed by atoms with van der Waals surface area (Å²) in [6, 6.07) is 25.2. The highest BCUT2D eigenvalue weighted by atomic mass is 19.1. The fourth-order valence-electron chi connectivity index (χ4n) is 2.57. The fourth-order valence-corrected chi connectivity index (χ4v) is 2.57. The van der Waals surface area contributed by atoms with E-state index in [-0.39, 0.29) is 5.82 Å². The molecule has 3 aromatic carbocycles. The number of rotatable bonds is 3. The Morgan fingerprint density at radius 1 is 0.517 bits per heavy atom. The van der Waals surface area contributed by atoms with Crippen LogP contribution < -0.4 is 5.73 Å². The van der Waals surface area contributed by atoms with E-state index in [9.17, 15) is 4.39 Å². The third-order valence-electron chi connectivity index (χ3n) is 4.61. The predicted octanol–water partition coefficient (Wildman–Crippen LogP) is 8.15. The fraction of sp³-hybridized carbons (Fsp3) is 0.333. The van der Waals surface area contributed by atoms with Crippen LogP contribution in [0.2, 0.25) is 0 Å². The molecule has 0 atom stereocenters. The average molecular weight is 394 g/mol. The predicted molar refractivity (Wildman–Crippen MR) is 126 cm³/mol. The van der Waals surface area contributed by atoms with Crippen molar-refractivity contribution < 1.29 is 4.39 Å². The van der Waals surface area contributed by atoms with Gasteiger partial charge in [0, 0.05) is 5.69 Å². The van der Waals surface area contributed by atoms with E-state index in [4.69, 9.17) is 5.73 Å². The molecule has 0 heterocycles. The summed E-state index contributed by atoms with van der Waals surface area (Å²) in [5, 5.41) is 0. The lowest BCUT2D eigenvalue weighted by Gasteiger charge is -2.03. The first kappa shape index (κ1) is 24.4. The zero-order valence-corrected chi connectivity index (χ0v) is 18.7. The Morgan fingerprint density at radius 2 is 0.862 bits per heavy atom. The van der Waals surface area contributed by atoms with Crippen LogP contribution >= 0.6 is 0 Å². The SMILES string of the molecule is CC(C)c1ccc(F)cc1.CC(C)c1ccc(N)cc1.CC(C)c1ccccc1. The highest BCUT2D eigenvalue weighted by molar-refractivity contribution is 5.39. The summed E-state index contributed by atoms with van der Waals surface area (Å²) in [5.41, 5.74) is 10.3. The molecule has 0 saturated carbocycles. The maximum absolute atomic E-state index is 12.4. The molecule has 0 aliphatic carbocycles. The Bertz CT molecular complexity index is 739. The third-order valence-corrected chi connectivity index (χ3v) is 4.61. The Morgan fingerprint density at radius 3 is 1.21 bits per heavy atom. The van der Waals surface area contributed by atoms with Gasteiger partial charge in [-0.3, -0.25) is 0 Å². The molecule has 2 heteroatoms. The van der Waals surface area contributed by atoms with E-state index in [0.717, 1.165) is 5.69 Å². The van der Waals surface area contributed by atoms with Gasteiger partial charge in [-0.1, -0.05) is 96.1 Å². The first-order valence-corrected chi connectivity index (χ1v) is 10.4. The van der Waals surface area contributed by atoms with Crippen LogP contribution in [0.3, 0.4) is 0 Å². The van der Waals surface area contributed by atoms with Crippen LogP contribution in [0.15, 0.2) is 78.9 Å². The second-order valence-corrected chi connectivity index (χ2v) is 8.09. The van der Waals surface area contributed by atoms with Crippen molar-refractivity contribution in [3.8, 4) is 0 Å². The third kappa shape index (κ3) is 9.94. The molecular weight excluding hydrogens is 357 g/mol. The molecule has 29 heavy (non-hydrogen) atoms. The standard InChI is InChI=1S/C9H11F.C9H13N.C9H12/c2*1-7(2)8-3-5-9(10)6-4-8;1-8(2)9-6-4-3-5-7-9/h3-7H,1-2H3;3-7H,10H2,1-2H3;3-8H,1-2H3. The first-order valence-electron chi connectivity index (χ1n) is 10.4. The Kier molecular flexibility index (Phi) is 10.8. The van der Waals surface area contributed by atoms with Crippen LogP contribution in [0.1, 0.15) is 76.0 Å². The molecule has 3 rings (SSSR count). The van der Waals surface area contributed by atoms with Crippen molar-refractivity contribution in [2.75, 3.05) is 5.73 Å². The van der Waals surface area contributed by atoms with Gasteiger partial charge in [-0.25, -0.2) is 4.39 Å². The van der Waals surface area contributed by atoms with Gasteiger partial charge in [-0.15, -0.1) is 0 Å². The van der Waals surface area contributed by atoms with Crippen LogP contribution in [-0.4, -0.2) is 0 Å². The normalized spacial score (nSPS) is 10.3. The second-order valence-electron chi connectivity index (χ2n) is 8.09. The minimum atomic E-state index is -0.163. The smallest absolute Gasteiger partial charge is 0.123 e. The van der Waals surface area contributed by atoms with Crippen LogP contribution in [-0.2, 0) is 0 Å². The lowest BCUT2D eigenvalue weighted by Crippen LogP contribution is -1.88. The molecule has 0 fully saturated rings. The molecule has 0 radical (unpaired) electrons.